The van der Waals surface area contributed by atoms with E-state index in [2.05, 4.69) is 20.8 Å². The molecule has 1 aliphatic heterocycles. The van der Waals surface area contributed by atoms with Crippen molar-refractivity contribution in [2.24, 2.45) is 0 Å². The molecule has 1 aliphatic rings. The Morgan fingerprint density at radius 1 is 1.36 bits per heavy atom. The Kier molecular flexibility index (Phi) is 4.87. The number of fused-ring (bicyclic) bond motifs is 1. The smallest absolute Gasteiger partial charge is 0.287 e. The lowest BCUT2D eigenvalue weighted by Gasteiger charge is -2.17. The summed E-state index contributed by atoms with van der Waals surface area (Å²) in [5.74, 6) is 0.633. The Morgan fingerprint density at radius 2 is 2.16 bits per heavy atom. The summed E-state index contributed by atoms with van der Waals surface area (Å²) in [4.78, 5) is 29.5. The van der Waals surface area contributed by atoms with Crippen molar-refractivity contribution in [1.82, 2.24) is 20.0 Å². The summed E-state index contributed by atoms with van der Waals surface area (Å²) in [7, 11) is 0. The van der Waals surface area contributed by atoms with Crippen LogP contribution in [0.2, 0.25) is 0 Å². The van der Waals surface area contributed by atoms with Crippen LogP contribution in [0.4, 0.5) is 5.82 Å². The van der Waals surface area contributed by atoms with Crippen molar-refractivity contribution in [1.29, 1.82) is 0 Å². The SMILES string of the molecule is CCC(C)NC(=O)c1nc(C(=O)Nc2cc(C)on2)c2n1CCCC2. The highest BCUT2D eigenvalue weighted by atomic mass is 16.5. The van der Waals surface area contributed by atoms with Crippen molar-refractivity contribution >= 4 is 17.6 Å². The number of hydrogen-bond donors (Lipinski definition) is 2. The number of aryl methyl sites for hydroxylation is 1. The van der Waals surface area contributed by atoms with Crippen LogP contribution < -0.4 is 10.6 Å². The minimum atomic E-state index is -0.374. The second-order valence-electron chi connectivity index (χ2n) is 6.40. The summed E-state index contributed by atoms with van der Waals surface area (Å²) in [6, 6.07) is 1.69. The highest BCUT2D eigenvalue weighted by Gasteiger charge is 2.28. The van der Waals surface area contributed by atoms with E-state index < -0.39 is 0 Å². The molecular formula is C17H23N5O3. The minimum absolute atomic E-state index is 0.0550. The Balaban J connectivity index is 1.89. The van der Waals surface area contributed by atoms with Crippen molar-refractivity contribution in [2.45, 2.75) is 59.0 Å². The molecule has 8 nitrogen and oxygen atoms in total. The number of nitrogens with one attached hydrogen (secondary N) is 2. The lowest BCUT2D eigenvalue weighted by atomic mass is 10.1. The fourth-order valence-electron chi connectivity index (χ4n) is 2.89. The van der Waals surface area contributed by atoms with Crippen molar-refractivity contribution in [3.8, 4) is 0 Å². The molecule has 3 heterocycles. The molecule has 0 saturated heterocycles. The number of imidazole rings is 1. The van der Waals surface area contributed by atoms with Crippen LogP contribution >= 0.6 is 0 Å². The lowest BCUT2D eigenvalue weighted by Crippen LogP contribution is -2.34. The first-order valence-electron chi connectivity index (χ1n) is 8.64. The lowest BCUT2D eigenvalue weighted by molar-refractivity contribution is 0.0923. The molecule has 0 spiro atoms. The highest BCUT2D eigenvalue weighted by molar-refractivity contribution is 6.04. The number of hydrogen-bond acceptors (Lipinski definition) is 5. The van der Waals surface area contributed by atoms with Gasteiger partial charge in [-0.25, -0.2) is 4.98 Å². The summed E-state index contributed by atoms with van der Waals surface area (Å²) in [5.41, 5.74) is 1.09. The van der Waals surface area contributed by atoms with E-state index in [1.165, 1.54) is 0 Å². The van der Waals surface area contributed by atoms with Gasteiger partial charge in [0.2, 0.25) is 0 Å². The monoisotopic (exact) mass is 345 g/mol. The molecule has 134 valence electrons. The quantitative estimate of drug-likeness (QED) is 0.865. The van der Waals surface area contributed by atoms with E-state index in [0.29, 0.717) is 23.9 Å². The van der Waals surface area contributed by atoms with Gasteiger partial charge < -0.3 is 19.7 Å². The van der Waals surface area contributed by atoms with E-state index in [1.54, 1.807) is 13.0 Å². The zero-order chi connectivity index (χ0) is 18.0. The van der Waals surface area contributed by atoms with Gasteiger partial charge in [0.05, 0.1) is 5.69 Å². The summed E-state index contributed by atoms with van der Waals surface area (Å²) in [6.45, 7) is 6.39. The number of aromatic nitrogens is 3. The van der Waals surface area contributed by atoms with Gasteiger partial charge in [-0.05, 0) is 39.5 Å². The molecule has 2 N–H and O–H groups in total. The molecule has 0 saturated carbocycles. The maximum absolute atomic E-state index is 12.6. The summed E-state index contributed by atoms with van der Waals surface area (Å²) >= 11 is 0. The molecular weight excluding hydrogens is 322 g/mol. The molecule has 2 aromatic heterocycles. The predicted molar refractivity (Wildman–Crippen MR) is 91.6 cm³/mol. The minimum Gasteiger partial charge on any atom is -0.360 e. The number of carbonyl (C=O) groups excluding carboxylic acids is 2. The van der Waals surface area contributed by atoms with Gasteiger partial charge in [0, 0.05) is 18.7 Å². The van der Waals surface area contributed by atoms with Gasteiger partial charge in [0.1, 0.15) is 5.76 Å². The first-order valence-corrected chi connectivity index (χ1v) is 8.64. The van der Waals surface area contributed by atoms with Gasteiger partial charge in [0.25, 0.3) is 11.8 Å². The van der Waals surface area contributed by atoms with Crippen molar-refractivity contribution < 1.29 is 14.1 Å². The third kappa shape index (κ3) is 3.57. The second-order valence-corrected chi connectivity index (χ2v) is 6.40. The molecule has 0 radical (unpaired) electrons. The molecule has 1 atom stereocenters. The van der Waals surface area contributed by atoms with Gasteiger partial charge in [-0.2, -0.15) is 0 Å². The van der Waals surface area contributed by atoms with E-state index in [9.17, 15) is 9.59 Å². The largest absolute Gasteiger partial charge is 0.360 e. The van der Waals surface area contributed by atoms with Crippen LogP contribution in [0.3, 0.4) is 0 Å². The van der Waals surface area contributed by atoms with Crippen LogP contribution in [0.25, 0.3) is 0 Å². The van der Waals surface area contributed by atoms with Crippen molar-refractivity contribution in [2.75, 3.05) is 5.32 Å². The van der Waals surface area contributed by atoms with Crippen molar-refractivity contribution in [3.05, 3.63) is 29.0 Å². The normalized spacial score (nSPS) is 14.7. The van der Waals surface area contributed by atoms with Crippen molar-refractivity contribution in [3.63, 3.8) is 0 Å². The van der Waals surface area contributed by atoms with Crippen LogP contribution in [0, 0.1) is 6.92 Å². The van der Waals surface area contributed by atoms with Gasteiger partial charge in [0.15, 0.2) is 17.3 Å². The molecule has 3 rings (SSSR count). The van der Waals surface area contributed by atoms with Crippen LogP contribution in [0.1, 0.15) is 65.7 Å². The topological polar surface area (TPSA) is 102 Å². The summed E-state index contributed by atoms with van der Waals surface area (Å²) < 4.78 is 6.82. The molecule has 2 aromatic rings. The summed E-state index contributed by atoms with van der Waals surface area (Å²) in [6.07, 6.45) is 3.50. The van der Waals surface area contributed by atoms with Crippen LogP contribution in [-0.4, -0.2) is 32.6 Å². The van der Waals surface area contributed by atoms with E-state index in [1.807, 2.05) is 18.4 Å². The zero-order valence-corrected chi connectivity index (χ0v) is 14.8. The van der Waals surface area contributed by atoms with Crippen LogP contribution in [0.5, 0.6) is 0 Å². The summed E-state index contributed by atoms with van der Waals surface area (Å²) in [5, 5.41) is 9.37. The average molecular weight is 345 g/mol. The Hall–Kier alpha value is -2.64. The Labute approximate surface area is 146 Å². The number of carbonyl (C=O) groups is 2. The van der Waals surface area contributed by atoms with E-state index in [4.69, 9.17) is 4.52 Å². The maximum atomic E-state index is 12.6. The molecule has 1 unspecified atom stereocenters. The van der Waals surface area contributed by atoms with E-state index in [0.717, 1.165) is 31.4 Å². The number of nitrogens with zero attached hydrogens (tertiary/aromatic N) is 3. The number of amides is 2. The molecule has 25 heavy (non-hydrogen) atoms. The second kappa shape index (κ2) is 7.08. The molecule has 0 aliphatic carbocycles. The zero-order valence-electron chi connectivity index (χ0n) is 14.8. The van der Waals surface area contributed by atoms with Gasteiger partial charge in [-0.3, -0.25) is 9.59 Å². The first kappa shape index (κ1) is 17.2. The standard InChI is InChI=1S/C17H23N5O3/c1-4-10(2)18-17(24)15-20-14(12-7-5-6-8-22(12)15)16(23)19-13-9-11(3)25-21-13/h9-10H,4-8H2,1-3H3,(H,18,24)(H,19,21,23). The first-order chi connectivity index (χ1) is 12.0. The van der Waals surface area contributed by atoms with Crippen LogP contribution in [0.15, 0.2) is 10.6 Å². The van der Waals surface area contributed by atoms with Gasteiger partial charge in [-0.15, -0.1) is 0 Å². The molecule has 0 aromatic carbocycles. The number of anilines is 1. The fraction of sp³-hybridized carbons (Fsp3) is 0.529. The number of rotatable bonds is 5. The predicted octanol–water partition coefficient (Wildman–Crippen LogP) is 2.30. The third-order valence-corrected chi connectivity index (χ3v) is 4.40. The molecule has 8 heteroatoms. The van der Waals surface area contributed by atoms with Gasteiger partial charge in [-0.1, -0.05) is 12.1 Å². The van der Waals surface area contributed by atoms with Gasteiger partial charge >= 0.3 is 0 Å². The Morgan fingerprint density at radius 3 is 2.84 bits per heavy atom. The fourth-order valence-corrected chi connectivity index (χ4v) is 2.89. The van der Waals surface area contributed by atoms with E-state index >= 15 is 0 Å². The molecule has 2 amide bonds. The third-order valence-electron chi connectivity index (χ3n) is 4.40. The highest BCUT2D eigenvalue weighted by Crippen LogP contribution is 2.22. The van der Waals surface area contributed by atoms with E-state index in [-0.39, 0.29) is 23.6 Å². The van der Waals surface area contributed by atoms with Crippen LogP contribution in [-0.2, 0) is 13.0 Å². The molecule has 0 bridgehead atoms. The average Bonchev–Trinajstić information content (AvgIpc) is 3.18. The molecule has 0 fully saturated rings. The Bertz CT molecular complexity index is 792. The maximum Gasteiger partial charge on any atom is 0.287 e.